The van der Waals surface area contributed by atoms with Gasteiger partial charge in [-0.25, -0.2) is 17.1 Å². The molecule has 1 atom stereocenters. The van der Waals surface area contributed by atoms with Crippen molar-refractivity contribution in [1.29, 1.82) is 0 Å². The number of carbonyl (C=O) groups is 1. The molecule has 0 aromatic rings. The van der Waals surface area contributed by atoms with E-state index in [0.717, 1.165) is 6.42 Å². The lowest BCUT2D eigenvalue weighted by Crippen LogP contribution is -2.58. The van der Waals surface area contributed by atoms with E-state index < -0.39 is 33.4 Å². The highest BCUT2D eigenvalue weighted by molar-refractivity contribution is 7.90. The van der Waals surface area contributed by atoms with Crippen molar-refractivity contribution in [2.45, 2.75) is 36.5 Å². The maximum absolute atomic E-state index is 12.8. The number of hydrogen-bond donors (Lipinski definition) is 1. The van der Waals surface area contributed by atoms with Crippen LogP contribution in [0.3, 0.4) is 0 Å². The van der Waals surface area contributed by atoms with Crippen molar-refractivity contribution in [3.63, 3.8) is 0 Å². The summed E-state index contributed by atoms with van der Waals surface area (Å²) in [5.41, 5.74) is -0.798. The van der Waals surface area contributed by atoms with Crippen LogP contribution in [-0.4, -0.2) is 49.7 Å². The van der Waals surface area contributed by atoms with E-state index in [1.165, 1.54) is 11.4 Å². The van der Waals surface area contributed by atoms with Gasteiger partial charge in [0.2, 0.25) is 15.9 Å². The molecular formula is C10H17FN2O3S. The molecule has 0 aromatic carbocycles. The zero-order chi connectivity index (χ0) is 12.7. The SMILES string of the molecule is CN1CCC(C(=O)NC2(CF)CCC2)S1(=O)=O. The number of nitrogens with one attached hydrogen (secondary N) is 1. The molecule has 1 saturated carbocycles. The highest BCUT2D eigenvalue weighted by Gasteiger charge is 2.46. The molecule has 1 heterocycles. The van der Waals surface area contributed by atoms with Crippen LogP contribution < -0.4 is 5.32 Å². The van der Waals surface area contributed by atoms with Gasteiger partial charge in [0, 0.05) is 13.6 Å². The second kappa shape index (κ2) is 4.20. The largest absolute Gasteiger partial charge is 0.347 e. The number of nitrogens with zero attached hydrogens (tertiary/aromatic N) is 1. The fraction of sp³-hybridized carbons (Fsp3) is 0.900. The van der Waals surface area contributed by atoms with E-state index in [0.29, 0.717) is 19.4 Å². The Morgan fingerprint density at radius 2 is 2.18 bits per heavy atom. The standard InChI is InChI=1S/C10H17FN2O3S/c1-13-6-3-8(17(13,15)16)9(14)12-10(7-11)4-2-5-10/h8H,2-7H2,1H3,(H,12,14). The van der Waals surface area contributed by atoms with Crippen molar-refractivity contribution in [2.75, 3.05) is 20.3 Å². The smallest absolute Gasteiger partial charge is 0.240 e. The Bertz CT molecular complexity index is 414. The number of carbonyl (C=O) groups excluding carboxylic acids is 1. The summed E-state index contributed by atoms with van der Waals surface area (Å²) in [6, 6.07) is 0. The topological polar surface area (TPSA) is 66.5 Å². The lowest BCUT2D eigenvalue weighted by atomic mass is 9.77. The van der Waals surface area contributed by atoms with Crippen LogP contribution in [0.15, 0.2) is 0 Å². The third-order valence-corrected chi connectivity index (χ3v) is 5.97. The molecule has 1 aliphatic heterocycles. The molecule has 1 unspecified atom stereocenters. The minimum atomic E-state index is -3.53. The molecule has 1 saturated heterocycles. The second-order valence-corrected chi connectivity index (χ2v) is 7.12. The first-order valence-corrected chi connectivity index (χ1v) is 7.25. The summed E-state index contributed by atoms with van der Waals surface area (Å²) in [6.45, 7) is -0.273. The minimum Gasteiger partial charge on any atom is -0.347 e. The summed E-state index contributed by atoms with van der Waals surface area (Å²) < 4.78 is 37.6. The van der Waals surface area contributed by atoms with Crippen molar-refractivity contribution >= 4 is 15.9 Å². The van der Waals surface area contributed by atoms with Gasteiger partial charge in [0.15, 0.2) is 5.25 Å². The van der Waals surface area contributed by atoms with Gasteiger partial charge < -0.3 is 5.32 Å². The molecule has 5 nitrogen and oxygen atoms in total. The Balaban J connectivity index is 2.06. The summed E-state index contributed by atoms with van der Waals surface area (Å²) >= 11 is 0. The summed E-state index contributed by atoms with van der Waals surface area (Å²) in [5.74, 6) is -0.549. The van der Waals surface area contributed by atoms with Gasteiger partial charge in [-0.15, -0.1) is 0 Å². The van der Waals surface area contributed by atoms with Crippen LogP contribution in [0.5, 0.6) is 0 Å². The number of alkyl halides is 1. The lowest BCUT2D eigenvalue weighted by molar-refractivity contribution is -0.124. The van der Waals surface area contributed by atoms with Crippen molar-refractivity contribution in [3.05, 3.63) is 0 Å². The van der Waals surface area contributed by atoms with Gasteiger partial charge >= 0.3 is 0 Å². The first-order chi connectivity index (χ1) is 7.91. The predicted molar refractivity (Wildman–Crippen MR) is 60.7 cm³/mol. The van der Waals surface area contributed by atoms with Gasteiger partial charge in [0.25, 0.3) is 0 Å². The monoisotopic (exact) mass is 264 g/mol. The molecule has 7 heteroatoms. The van der Waals surface area contributed by atoms with Gasteiger partial charge in [-0.05, 0) is 25.7 Å². The van der Waals surface area contributed by atoms with Gasteiger partial charge in [-0.2, -0.15) is 0 Å². The van der Waals surface area contributed by atoms with Crippen molar-refractivity contribution < 1.29 is 17.6 Å². The van der Waals surface area contributed by atoms with E-state index in [9.17, 15) is 17.6 Å². The van der Waals surface area contributed by atoms with E-state index >= 15 is 0 Å². The van der Waals surface area contributed by atoms with Gasteiger partial charge in [-0.1, -0.05) is 0 Å². The summed E-state index contributed by atoms with van der Waals surface area (Å²) in [5, 5.41) is 1.53. The van der Waals surface area contributed by atoms with Crippen LogP contribution in [0.4, 0.5) is 4.39 Å². The third kappa shape index (κ3) is 2.06. The van der Waals surface area contributed by atoms with E-state index in [-0.39, 0.29) is 6.42 Å². The average Bonchev–Trinajstić information content (AvgIpc) is 2.48. The Morgan fingerprint density at radius 3 is 2.53 bits per heavy atom. The zero-order valence-electron chi connectivity index (χ0n) is 9.78. The van der Waals surface area contributed by atoms with Crippen molar-refractivity contribution in [2.24, 2.45) is 0 Å². The van der Waals surface area contributed by atoms with Crippen LogP contribution in [0.25, 0.3) is 0 Å². The molecule has 0 radical (unpaired) electrons. The van der Waals surface area contributed by atoms with Crippen LogP contribution in [-0.2, 0) is 14.8 Å². The first-order valence-electron chi connectivity index (χ1n) is 5.74. The molecule has 17 heavy (non-hydrogen) atoms. The third-order valence-electron chi connectivity index (χ3n) is 3.75. The van der Waals surface area contributed by atoms with Crippen LogP contribution >= 0.6 is 0 Å². The molecule has 98 valence electrons. The van der Waals surface area contributed by atoms with Crippen LogP contribution in [0, 0.1) is 0 Å². The second-order valence-electron chi connectivity index (χ2n) is 4.90. The zero-order valence-corrected chi connectivity index (χ0v) is 10.6. The van der Waals surface area contributed by atoms with Crippen molar-refractivity contribution in [1.82, 2.24) is 9.62 Å². The molecule has 1 amide bonds. The molecule has 2 aliphatic rings. The highest BCUT2D eigenvalue weighted by Crippen LogP contribution is 2.33. The molecule has 0 aromatic heterocycles. The molecular weight excluding hydrogens is 247 g/mol. The molecule has 2 rings (SSSR count). The molecule has 1 aliphatic carbocycles. The van der Waals surface area contributed by atoms with Gasteiger partial charge in [0.1, 0.15) is 6.67 Å². The Kier molecular flexibility index (Phi) is 3.15. The first kappa shape index (κ1) is 12.8. The maximum Gasteiger partial charge on any atom is 0.240 e. The number of amides is 1. The molecule has 1 N–H and O–H groups in total. The minimum absolute atomic E-state index is 0.285. The number of halogens is 1. The Morgan fingerprint density at radius 1 is 1.53 bits per heavy atom. The summed E-state index contributed by atoms with van der Waals surface area (Å²) in [7, 11) is -2.08. The van der Waals surface area contributed by atoms with E-state index in [1.807, 2.05) is 0 Å². The van der Waals surface area contributed by atoms with E-state index in [4.69, 9.17) is 0 Å². The number of hydrogen-bond acceptors (Lipinski definition) is 3. The average molecular weight is 264 g/mol. The molecule has 0 bridgehead atoms. The molecule has 0 spiro atoms. The van der Waals surface area contributed by atoms with Gasteiger partial charge in [0.05, 0.1) is 5.54 Å². The predicted octanol–water partition coefficient (Wildman–Crippen LogP) is 0.0287. The van der Waals surface area contributed by atoms with Crippen LogP contribution in [0.2, 0.25) is 0 Å². The number of rotatable bonds is 3. The lowest BCUT2D eigenvalue weighted by Gasteiger charge is -2.40. The fourth-order valence-electron chi connectivity index (χ4n) is 2.30. The highest BCUT2D eigenvalue weighted by atomic mass is 32.2. The maximum atomic E-state index is 12.8. The van der Waals surface area contributed by atoms with E-state index in [1.54, 1.807) is 0 Å². The quantitative estimate of drug-likeness (QED) is 0.782. The number of sulfonamides is 1. The Labute approximate surface area is 100 Å². The van der Waals surface area contributed by atoms with Gasteiger partial charge in [-0.3, -0.25) is 4.79 Å². The normalized spacial score (nSPS) is 30.8. The van der Waals surface area contributed by atoms with E-state index in [2.05, 4.69) is 5.32 Å². The summed E-state index contributed by atoms with van der Waals surface area (Å²) in [6.07, 6.45) is 2.35. The fourth-order valence-corrected chi connectivity index (χ4v) is 3.82. The Hall–Kier alpha value is -0.690. The molecule has 2 fully saturated rings. The summed E-state index contributed by atoms with van der Waals surface area (Å²) in [4.78, 5) is 11.9. The van der Waals surface area contributed by atoms with Crippen molar-refractivity contribution in [3.8, 4) is 0 Å². The van der Waals surface area contributed by atoms with Crippen LogP contribution in [0.1, 0.15) is 25.7 Å².